The number of hydrogen-bond donors (Lipinski definition) is 2. The van der Waals surface area contributed by atoms with Crippen LogP contribution in [0.5, 0.6) is 0 Å². The van der Waals surface area contributed by atoms with Crippen molar-refractivity contribution in [3.05, 3.63) is 46.2 Å². The van der Waals surface area contributed by atoms with E-state index in [1.54, 1.807) is 13.1 Å². The molecule has 0 unspecified atom stereocenters. The molecule has 1 aromatic carbocycles. The molecule has 5 heteroatoms. The first-order valence-corrected chi connectivity index (χ1v) is 5.69. The summed E-state index contributed by atoms with van der Waals surface area (Å²) in [5.41, 5.74) is 6.60. The fourth-order valence-corrected chi connectivity index (χ4v) is 1.91. The minimum Gasteiger partial charge on any atom is -0.358 e. The van der Waals surface area contributed by atoms with Crippen molar-refractivity contribution in [1.82, 2.24) is 9.88 Å². The van der Waals surface area contributed by atoms with E-state index in [1.807, 2.05) is 24.3 Å². The average molecular weight is 245 g/mol. The number of nitrogens with one attached hydrogen (secondary N) is 1. The Bertz CT molecular complexity index is 646. The molecule has 0 saturated carbocycles. The van der Waals surface area contributed by atoms with Crippen LogP contribution in [0.4, 0.5) is 0 Å². The monoisotopic (exact) mass is 245 g/mol. The van der Waals surface area contributed by atoms with Crippen molar-refractivity contribution in [2.24, 2.45) is 5.73 Å². The molecule has 0 aliphatic rings. The van der Waals surface area contributed by atoms with Gasteiger partial charge in [0.1, 0.15) is 6.54 Å². The summed E-state index contributed by atoms with van der Waals surface area (Å²) in [4.78, 5) is 23.6. The van der Waals surface area contributed by atoms with E-state index < -0.39 is 0 Å². The highest BCUT2D eigenvalue weighted by molar-refractivity contribution is 5.82. The van der Waals surface area contributed by atoms with Crippen molar-refractivity contribution in [3.63, 3.8) is 0 Å². The highest BCUT2D eigenvalue weighted by Gasteiger charge is 2.10. The van der Waals surface area contributed by atoms with E-state index in [0.717, 1.165) is 10.9 Å². The molecule has 0 spiro atoms. The van der Waals surface area contributed by atoms with Crippen molar-refractivity contribution in [2.45, 2.75) is 13.1 Å². The largest absolute Gasteiger partial charge is 0.358 e. The van der Waals surface area contributed by atoms with Gasteiger partial charge in [-0.25, -0.2) is 0 Å². The fourth-order valence-electron chi connectivity index (χ4n) is 1.91. The van der Waals surface area contributed by atoms with E-state index in [-0.39, 0.29) is 24.6 Å². The van der Waals surface area contributed by atoms with Gasteiger partial charge in [-0.3, -0.25) is 14.2 Å². The number of carbonyl (C=O) groups excluding carboxylic acids is 1. The van der Waals surface area contributed by atoms with Gasteiger partial charge in [0.25, 0.3) is 5.56 Å². The first-order chi connectivity index (χ1) is 8.67. The minimum absolute atomic E-state index is 0.00366. The second-order valence-corrected chi connectivity index (χ2v) is 4.00. The molecule has 1 heterocycles. The van der Waals surface area contributed by atoms with Crippen LogP contribution in [-0.2, 0) is 17.9 Å². The molecule has 0 aliphatic carbocycles. The summed E-state index contributed by atoms with van der Waals surface area (Å²) < 4.78 is 1.45. The lowest BCUT2D eigenvalue weighted by atomic mass is 10.1. The number of para-hydroxylation sites is 1. The second-order valence-electron chi connectivity index (χ2n) is 4.00. The Morgan fingerprint density at radius 1 is 1.39 bits per heavy atom. The third-order valence-corrected chi connectivity index (χ3v) is 2.88. The molecule has 94 valence electrons. The molecule has 1 aromatic heterocycles. The standard InChI is InChI=1S/C13H15N3O2/c1-15-12(17)8-16-11-5-3-2-4-9(11)6-10(7-14)13(16)18/h2-6H,7-8,14H2,1H3,(H,15,17). The Hall–Kier alpha value is -2.14. The molecule has 18 heavy (non-hydrogen) atoms. The zero-order chi connectivity index (χ0) is 13.1. The van der Waals surface area contributed by atoms with Crippen molar-refractivity contribution in [3.8, 4) is 0 Å². The maximum Gasteiger partial charge on any atom is 0.256 e. The number of nitrogens with zero attached hydrogens (tertiary/aromatic N) is 1. The molecule has 0 saturated heterocycles. The third kappa shape index (κ3) is 2.12. The molecular weight excluding hydrogens is 230 g/mol. The first-order valence-electron chi connectivity index (χ1n) is 5.69. The number of benzene rings is 1. The SMILES string of the molecule is CNC(=O)Cn1c(=O)c(CN)cc2ccccc21. The quantitative estimate of drug-likeness (QED) is 0.811. The lowest BCUT2D eigenvalue weighted by Crippen LogP contribution is -2.32. The molecule has 0 bridgehead atoms. The Balaban J connectivity index is 2.70. The predicted molar refractivity (Wildman–Crippen MR) is 70.2 cm³/mol. The van der Waals surface area contributed by atoms with Gasteiger partial charge in [-0.1, -0.05) is 18.2 Å². The fraction of sp³-hybridized carbons (Fsp3) is 0.231. The lowest BCUT2D eigenvalue weighted by Gasteiger charge is -2.11. The van der Waals surface area contributed by atoms with Crippen LogP contribution in [0.1, 0.15) is 5.56 Å². The summed E-state index contributed by atoms with van der Waals surface area (Å²) in [6.45, 7) is 0.168. The maximum absolute atomic E-state index is 12.2. The van der Waals surface area contributed by atoms with Gasteiger partial charge >= 0.3 is 0 Å². The molecule has 0 atom stereocenters. The van der Waals surface area contributed by atoms with Crippen molar-refractivity contribution in [1.29, 1.82) is 0 Å². The highest BCUT2D eigenvalue weighted by atomic mass is 16.2. The third-order valence-electron chi connectivity index (χ3n) is 2.88. The van der Waals surface area contributed by atoms with E-state index in [4.69, 9.17) is 5.73 Å². The first kappa shape index (κ1) is 12.3. The van der Waals surface area contributed by atoms with Crippen LogP contribution >= 0.6 is 0 Å². The number of amides is 1. The summed E-state index contributed by atoms with van der Waals surface area (Å²) in [6, 6.07) is 9.22. The molecule has 3 N–H and O–H groups in total. The van der Waals surface area contributed by atoms with Crippen molar-refractivity contribution in [2.75, 3.05) is 7.05 Å². The van der Waals surface area contributed by atoms with E-state index in [9.17, 15) is 9.59 Å². The van der Waals surface area contributed by atoms with Crippen molar-refractivity contribution >= 4 is 16.8 Å². The van der Waals surface area contributed by atoms with Gasteiger partial charge in [0, 0.05) is 19.2 Å². The van der Waals surface area contributed by atoms with Crippen LogP contribution in [0.15, 0.2) is 35.1 Å². The number of aromatic nitrogens is 1. The summed E-state index contributed by atoms with van der Waals surface area (Å²) in [7, 11) is 1.54. The smallest absolute Gasteiger partial charge is 0.256 e. The van der Waals surface area contributed by atoms with E-state index in [1.165, 1.54) is 4.57 Å². The van der Waals surface area contributed by atoms with Crippen molar-refractivity contribution < 1.29 is 4.79 Å². The van der Waals surface area contributed by atoms with E-state index in [0.29, 0.717) is 5.56 Å². The average Bonchev–Trinajstić information content (AvgIpc) is 2.41. The summed E-state index contributed by atoms with van der Waals surface area (Å²) >= 11 is 0. The molecule has 1 amide bonds. The predicted octanol–water partition coefficient (Wildman–Crippen LogP) is 0.206. The Kier molecular flexibility index (Phi) is 3.43. The summed E-state index contributed by atoms with van der Waals surface area (Å²) in [5, 5.41) is 3.42. The Morgan fingerprint density at radius 2 is 2.11 bits per heavy atom. The van der Waals surface area contributed by atoms with Gasteiger partial charge in [-0.05, 0) is 17.5 Å². The van der Waals surface area contributed by atoms with Crippen LogP contribution in [0, 0.1) is 0 Å². The molecular formula is C13H15N3O2. The molecule has 0 radical (unpaired) electrons. The van der Waals surface area contributed by atoms with Gasteiger partial charge in [0.2, 0.25) is 5.91 Å². The lowest BCUT2D eigenvalue weighted by molar-refractivity contribution is -0.121. The number of carbonyl (C=O) groups is 1. The minimum atomic E-state index is -0.212. The van der Waals surface area contributed by atoms with Crippen LogP contribution in [0.3, 0.4) is 0 Å². The zero-order valence-corrected chi connectivity index (χ0v) is 10.1. The van der Waals surface area contributed by atoms with Crippen LogP contribution in [0.2, 0.25) is 0 Å². The Morgan fingerprint density at radius 3 is 2.78 bits per heavy atom. The number of rotatable bonds is 3. The zero-order valence-electron chi connectivity index (χ0n) is 10.1. The van der Waals surface area contributed by atoms with Gasteiger partial charge in [-0.15, -0.1) is 0 Å². The van der Waals surface area contributed by atoms with E-state index in [2.05, 4.69) is 5.32 Å². The molecule has 0 aliphatic heterocycles. The molecule has 2 aromatic rings. The second kappa shape index (κ2) is 5.01. The van der Waals surface area contributed by atoms with Gasteiger partial charge in [0.05, 0.1) is 5.52 Å². The molecule has 0 fully saturated rings. The number of pyridine rings is 1. The van der Waals surface area contributed by atoms with Gasteiger partial charge in [-0.2, -0.15) is 0 Å². The van der Waals surface area contributed by atoms with Crippen LogP contribution < -0.4 is 16.6 Å². The summed E-state index contributed by atoms with van der Waals surface area (Å²) in [6.07, 6.45) is 0. The highest BCUT2D eigenvalue weighted by Crippen LogP contribution is 2.13. The number of hydrogen-bond acceptors (Lipinski definition) is 3. The number of nitrogens with two attached hydrogens (primary N) is 1. The topological polar surface area (TPSA) is 77.1 Å². The number of likely N-dealkylation sites (N-methyl/N-ethyl adjacent to an activating group) is 1. The number of fused-ring (bicyclic) bond motifs is 1. The molecule has 2 rings (SSSR count). The van der Waals surface area contributed by atoms with Gasteiger partial charge < -0.3 is 11.1 Å². The Labute approximate surface area is 104 Å². The van der Waals surface area contributed by atoms with Crippen LogP contribution in [-0.4, -0.2) is 17.5 Å². The molecule has 5 nitrogen and oxygen atoms in total. The normalized spacial score (nSPS) is 10.6. The van der Waals surface area contributed by atoms with Crippen LogP contribution in [0.25, 0.3) is 10.9 Å². The van der Waals surface area contributed by atoms with Gasteiger partial charge in [0.15, 0.2) is 0 Å². The van der Waals surface area contributed by atoms with E-state index >= 15 is 0 Å². The maximum atomic E-state index is 12.2. The summed E-state index contributed by atoms with van der Waals surface area (Å²) in [5.74, 6) is -0.212.